The van der Waals surface area contributed by atoms with Crippen molar-refractivity contribution < 1.29 is 9.59 Å². The van der Waals surface area contributed by atoms with Crippen molar-refractivity contribution in [3.05, 3.63) is 28.8 Å². The van der Waals surface area contributed by atoms with Crippen LogP contribution in [0.3, 0.4) is 0 Å². The van der Waals surface area contributed by atoms with Gasteiger partial charge in [-0.2, -0.15) is 0 Å². The van der Waals surface area contributed by atoms with Crippen LogP contribution in [0.5, 0.6) is 0 Å². The first-order valence-corrected chi connectivity index (χ1v) is 6.86. The number of anilines is 1. The van der Waals surface area contributed by atoms with E-state index in [2.05, 4.69) is 0 Å². The van der Waals surface area contributed by atoms with E-state index >= 15 is 0 Å². The number of nitrogen functional groups attached to an aromatic ring is 1. The molecule has 0 saturated heterocycles. The second-order valence-corrected chi connectivity index (χ2v) is 4.87. The quantitative estimate of drug-likeness (QED) is 0.844. The van der Waals surface area contributed by atoms with Crippen LogP contribution >= 0.6 is 11.6 Å². The molecule has 2 amide bonds. The molecular weight excluding hydrogens is 278 g/mol. The van der Waals surface area contributed by atoms with E-state index in [1.165, 1.54) is 11.0 Å². The summed E-state index contributed by atoms with van der Waals surface area (Å²) in [7, 11) is 1.59. The molecule has 0 bridgehead atoms. The minimum atomic E-state index is -0.257. The topological polar surface area (TPSA) is 66.6 Å². The highest BCUT2D eigenvalue weighted by molar-refractivity contribution is 6.33. The predicted molar refractivity (Wildman–Crippen MR) is 80.8 cm³/mol. The lowest BCUT2D eigenvalue weighted by Crippen LogP contribution is -2.41. The molecule has 0 aliphatic rings. The van der Waals surface area contributed by atoms with Gasteiger partial charge in [0, 0.05) is 25.7 Å². The van der Waals surface area contributed by atoms with Gasteiger partial charge in [0.1, 0.15) is 0 Å². The Morgan fingerprint density at radius 2 is 1.85 bits per heavy atom. The van der Waals surface area contributed by atoms with Crippen LogP contribution in [0, 0.1) is 0 Å². The van der Waals surface area contributed by atoms with E-state index in [-0.39, 0.29) is 18.4 Å². The third kappa shape index (κ3) is 3.87. The van der Waals surface area contributed by atoms with Gasteiger partial charge >= 0.3 is 0 Å². The molecule has 5 nitrogen and oxygen atoms in total. The van der Waals surface area contributed by atoms with Gasteiger partial charge in [-0.1, -0.05) is 11.6 Å². The predicted octanol–water partition coefficient (Wildman–Crippen LogP) is 1.86. The summed E-state index contributed by atoms with van der Waals surface area (Å²) < 4.78 is 0. The molecule has 1 aromatic rings. The molecule has 0 heterocycles. The number of carbonyl (C=O) groups excluding carboxylic acids is 2. The fourth-order valence-corrected chi connectivity index (χ4v) is 2.01. The molecule has 0 aromatic heterocycles. The molecule has 0 radical (unpaired) electrons. The first-order valence-electron chi connectivity index (χ1n) is 6.48. The zero-order valence-electron chi connectivity index (χ0n) is 12.0. The second kappa shape index (κ2) is 7.14. The number of benzene rings is 1. The van der Waals surface area contributed by atoms with Gasteiger partial charge in [-0.05, 0) is 32.0 Å². The minimum absolute atomic E-state index is 0.0442. The summed E-state index contributed by atoms with van der Waals surface area (Å²) in [6, 6.07) is 4.69. The van der Waals surface area contributed by atoms with E-state index in [4.69, 9.17) is 17.3 Å². The summed E-state index contributed by atoms with van der Waals surface area (Å²) in [6.07, 6.45) is 0. The Hall–Kier alpha value is -1.75. The van der Waals surface area contributed by atoms with Gasteiger partial charge < -0.3 is 15.5 Å². The fraction of sp³-hybridized carbons (Fsp3) is 0.429. The van der Waals surface area contributed by atoms with Crippen LogP contribution in [0.15, 0.2) is 18.2 Å². The van der Waals surface area contributed by atoms with E-state index in [0.29, 0.717) is 29.4 Å². The first kappa shape index (κ1) is 16.3. The Morgan fingerprint density at radius 1 is 1.25 bits per heavy atom. The average molecular weight is 298 g/mol. The number of rotatable bonds is 5. The van der Waals surface area contributed by atoms with Gasteiger partial charge in [0.2, 0.25) is 5.91 Å². The van der Waals surface area contributed by atoms with Crippen molar-refractivity contribution in [1.29, 1.82) is 0 Å². The second-order valence-electron chi connectivity index (χ2n) is 4.46. The fourth-order valence-electron chi connectivity index (χ4n) is 1.83. The van der Waals surface area contributed by atoms with E-state index in [1.807, 2.05) is 13.8 Å². The highest BCUT2D eigenvalue weighted by Gasteiger charge is 2.18. The molecule has 2 N–H and O–H groups in total. The third-order valence-electron chi connectivity index (χ3n) is 3.08. The minimum Gasteiger partial charge on any atom is -0.398 e. The monoisotopic (exact) mass is 297 g/mol. The van der Waals surface area contributed by atoms with Crippen molar-refractivity contribution in [2.24, 2.45) is 0 Å². The normalized spacial score (nSPS) is 10.2. The molecular formula is C14H20ClN3O2. The standard InChI is InChI=1S/C14H20ClN3O2/c1-4-18(5-2)13(19)9-17(3)14(20)10-6-7-12(16)11(15)8-10/h6-8H,4-5,9,16H2,1-3H3. The maximum atomic E-state index is 12.2. The number of halogens is 1. The Labute approximate surface area is 124 Å². The number of carbonyl (C=O) groups is 2. The molecule has 1 rings (SSSR count). The number of amides is 2. The van der Waals surface area contributed by atoms with Gasteiger partial charge in [-0.3, -0.25) is 9.59 Å². The molecule has 0 spiro atoms. The van der Waals surface area contributed by atoms with Crippen LogP contribution in [-0.2, 0) is 4.79 Å². The third-order valence-corrected chi connectivity index (χ3v) is 3.41. The van der Waals surface area contributed by atoms with E-state index in [1.54, 1.807) is 24.1 Å². The van der Waals surface area contributed by atoms with Crippen molar-refractivity contribution in [2.75, 3.05) is 32.4 Å². The number of nitrogens with zero attached hydrogens (tertiary/aromatic N) is 2. The SMILES string of the molecule is CCN(CC)C(=O)CN(C)C(=O)c1ccc(N)c(Cl)c1. The lowest BCUT2D eigenvalue weighted by Gasteiger charge is -2.23. The summed E-state index contributed by atoms with van der Waals surface area (Å²) >= 11 is 5.89. The van der Waals surface area contributed by atoms with Crippen molar-refractivity contribution in [3.63, 3.8) is 0 Å². The van der Waals surface area contributed by atoms with E-state index in [0.717, 1.165) is 0 Å². The van der Waals surface area contributed by atoms with Gasteiger partial charge in [0.15, 0.2) is 0 Å². The van der Waals surface area contributed by atoms with Gasteiger partial charge in [-0.25, -0.2) is 0 Å². The lowest BCUT2D eigenvalue weighted by atomic mass is 10.2. The molecule has 0 atom stereocenters. The van der Waals surface area contributed by atoms with Gasteiger partial charge in [0.25, 0.3) is 5.91 Å². The van der Waals surface area contributed by atoms with Crippen LogP contribution in [0.2, 0.25) is 5.02 Å². The van der Waals surface area contributed by atoms with Crippen LogP contribution in [0.4, 0.5) is 5.69 Å². The van der Waals surface area contributed by atoms with Crippen LogP contribution in [0.25, 0.3) is 0 Å². The smallest absolute Gasteiger partial charge is 0.254 e. The molecule has 110 valence electrons. The van der Waals surface area contributed by atoms with E-state index in [9.17, 15) is 9.59 Å². The molecule has 20 heavy (non-hydrogen) atoms. The maximum Gasteiger partial charge on any atom is 0.254 e. The van der Waals surface area contributed by atoms with Crippen LogP contribution in [0.1, 0.15) is 24.2 Å². The molecule has 0 fully saturated rings. The van der Waals surface area contributed by atoms with Gasteiger partial charge in [0.05, 0.1) is 17.3 Å². The average Bonchev–Trinajstić information content (AvgIpc) is 2.42. The Kier molecular flexibility index (Phi) is 5.82. The summed E-state index contributed by atoms with van der Waals surface area (Å²) in [6.45, 7) is 5.12. The summed E-state index contributed by atoms with van der Waals surface area (Å²) in [5, 5.41) is 0.333. The molecule has 6 heteroatoms. The zero-order valence-corrected chi connectivity index (χ0v) is 12.8. The van der Waals surface area contributed by atoms with Crippen LogP contribution < -0.4 is 5.73 Å². The highest BCUT2D eigenvalue weighted by atomic mass is 35.5. The highest BCUT2D eigenvalue weighted by Crippen LogP contribution is 2.20. The molecule has 0 unspecified atom stereocenters. The van der Waals surface area contributed by atoms with Crippen molar-refractivity contribution in [2.45, 2.75) is 13.8 Å². The van der Waals surface area contributed by atoms with Crippen molar-refractivity contribution in [3.8, 4) is 0 Å². The first-order chi connectivity index (χ1) is 9.40. The van der Waals surface area contributed by atoms with Gasteiger partial charge in [-0.15, -0.1) is 0 Å². The molecule has 1 aromatic carbocycles. The Bertz CT molecular complexity index is 501. The summed E-state index contributed by atoms with van der Waals surface area (Å²) in [5.41, 5.74) is 6.44. The van der Waals surface area contributed by atoms with Crippen molar-refractivity contribution in [1.82, 2.24) is 9.80 Å². The molecule has 0 saturated carbocycles. The van der Waals surface area contributed by atoms with E-state index < -0.39 is 0 Å². The largest absolute Gasteiger partial charge is 0.398 e. The molecule has 0 aliphatic heterocycles. The lowest BCUT2D eigenvalue weighted by molar-refractivity contribution is -0.131. The molecule has 0 aliphatic carbocycles. The maximum absolute atomic E-state index is 12.2. The number of likely N-dealkylation sites (N-methyl/N-ethyl adjacent to an activating group) is 2. The van der Waals surface area contributed by atoms with Crippen LogP contribution in [-0.4, -0.2) is 48.3 Å². The zero-order chi connectivity index (χ0) is 15.3. The summed E-state index contributed by atoms with van der Waals surface area (Å²) in [5.74, 6) is -0.334. The Morgan fingerprint density at radius 3 is 2.35 bits per heavy atom. The Balaban J connectivity index is 2.76. The summed E-state index contributed by atoms with van der Waals surface area (Å²) in [4.78, 5) is 27.2. The number of hydrogen-bond acceptors (Lipinski definition) is 3. The van der Waals surface area contributed by atoms with Crippen molar-refractivity contribution >= 4 is 29.1 Å². The number of nitrogens with two attached hydrogens (primary N) is 1. The number of hydrogen-bond donors (Lipinski definition) is 1.